The normalized spacial score (nSPS) is 16.7. The summed E-state index contributed by atoms with van der Waals surface area (Å²) in [4.78, 5) is 30.4. The lowest BCUT2D eigenvalue weighted by molar-refractivity contribution is -0.127. The van der Waals surface area contributed by atoms with Crippen LogP contribution in [0.3, 0.4) is 0 Å². The van der Waals surface area contributed by atoms with Crippen molar-refractivity contribution in [2.75, 3.05) is 31.3 Å². The lowest BCUT2D eigenvalue weighted by atomic mass is 10.0. The number of aromatic nitrogens is 4. The number of furan rings is 1. The average molecular weight is 577 g/mol. The van der Waals surface area contributed by atoms with E-state index >= 15 is 0 Å². The summed E-state index contributed by atoms with van der Waals surface area (Å²) in [6, 6.07) is 12.8. The molecule has 2 atom stereocenters. The largest absolute Gasteiger partial charge is 0.486 e. The number of carbonyl (C=O) groups is 2. The molecule has 4 aromatic rings. The Balaban J connectivity index is 1.36. The number of tetrazole rings is 1. The first kappa shape index (κ1) is 27.4. The fraction of sp³-hybridized carbons (Fsp3) is 0.345. The number of hydrogen-bond donors (Lipinski definition) is 1. The van der Waals surface area contributed by atoms with Crippen LogP contribution in [0, 0.1) is 12.7 Å². The molecule has 1 saturated heterocycles. The number of halogens is 1. The first-order valence-corrected chi connectivity index (χ1v) is 13.7. The Labute approximate surface area is 240 Å². The maximum Gasteiger partial charge on any atom is 0.251 e. The molecule has 1 N–H and O–H groups in total. The molecule has 1 fully saturated rings. The minimum Gasteiger partial charge on any atom is -0.486 e. The number of rotatable bonds is 9. The van der Waals surface area contributed by atoms with Crippen molar-refractivity contribution in [2.45, 2.75) is 38.5 Å². The van der Waals surface area contributed by atoms with Crippen molar-refractivity contribution < 1.29 is 32.6 Å². The molecular formula is C29H29FN6O6. The van der Waals surface area contributed by atoms with Crippen LogP contribution in [-0.4, -0.2) is 64.5 Å². The molecule has 13 heteroatoms. The number of carbonyl (C=O) groups excluding carboxylic acids is 2. The summed E-state index contributed by atoms with van der Waals surface area (Å²) >= 11 is 0. The van der Waals surface area contributed by atoms with Gasteiger partial charge in [0.15, 0.2) is 17.3 Å². The highest BCUT2D eigenvalue weighted by atomic mass is 19.1. The zero-order valence-electron chi connectivity index (χ0n) is 22.9. The quantitative estimate of drug-likeness (QED) is 0.319. The summed E-state index contributed by atoms with van der Waals surface area (Å²) in [5.41, 5.74) is 0.774. The van der Waals surface area contributed by atoms with E-state index in [1.165, 1.54) is 29.2 Å². The lowest BCUT2D eigenvalue weighted by Gasteiger charge is -2.32. The predicted octanol–water partition coefficient (Wildman–Crippen LogP) is 3.22. The summed E-state index contributed by atoms with van der Waals surface area (Å²) in [6.07, 6.45) is 1.61. The van der Waals surface area contributed by atoms with Crippen molar-refractivity contribution in [2.24, 2.45) is 0 Å². The first-order valence-electron chi connectivity index (χ1n) is 13.7. The van der Waals surface area contributed by atoms with Crippen molar-refractivity contribution in [3.63, 3.8) is 0 Å². The lowest BCUT2D eigenvalue weighted by Crippen LogP contribution is -2.46. The van der Waals surface area contributed by atoms with Crippen LogP contribution in [0.5, 0.6) is 11.5 Å². The summed E-state index contributed by atoms with van der Waals surface area (Å²) < 4.78 is 36.6. The number of aryl methyl sites for hydroxylation is 1. The number of fused-ring (bicyclic) bond motifs is 1. The Morgan fingerprint density at radius 1 is 1.07 bits per heavy atom. The van der Waals surface area contributed by atoms with Crippen molar-refractivity contribution in [3.8, 4) is 23.1 Å². The van der Waals surface area contributed by atoms with Gasteiger partial charge in [0, 0.05) is 24.9 Å². The number of nitrogens with one attached hydrogen (secondary N) is 1. The van der Waals surface area contributed by atoms with E-state index in [-0.39, 0.29) is 25.0 Å². The van der Waals surface area contributed by atoms with Crippen molar-refractivity contribution >= 4 is 17.5 Å². The van der Waals surface area contributed by atoms with Crippen molar-refractivity contribution in [1.82, 2.24) is 25.5 Å². The number of anilines is 1. The Morgan fingerprint density at radius 2 is 1.88 bits per heavy atom. The molecule has 2 aliphatic rings. The second kappa shape index (κ2) is 12.0. The van der Waals surface area contributed by atoms with E-state index in [1.807, 2.05) is 0 Å². The van der Waals surface area contributed by atoms with Gasteiger partial charge in [-0.25, -0.2) is 4.39 Å². The zero-order chi connectivity index (χ0) is 29.1. The number of amides is 2. The third kappa shape index (κ3) is 5.96. The SMILES string of the molecule is Cc1ccc(-c2nnn(CC(=O)N(c3ccc4c(c3)OCCO4)[C@@H](C(=O)NC[C@H]3CCCO3)c3ccc(F)cc3)n2)o1. The van der Waals surface area contributed by atoms with Gasteiger partial charge in [-0.2, -0.15) is 4.80 Å². The minimum absolute atomic E-state index is 0.121. The van der Waals surface area contributed by atoms with Gasteiger partial charge in [0.05, 0.1) is 6.10 Å². The van der Waals surface area contributed by atoms with E-state index < -0.39 is 23.7 Å². The molecule has 0 aliphatic carbocycles. The molecule has 6 rings (SSSR count). The van der Waals surface area contributed by atoms with Crippen LogP contribution in [0.1, 0.15) is 30.2 Å². The second-order valence-electron chi connectivity index (χ2n) is 9.98. The van der Waals surface area contributed by atoms with Gasteiger partial charge in [-0.15, -0.1) is 10.2 Å². The van der Waals surface area contributed by atoms with Gasteiger partial charge >= 0.3 is 0 Å². The van der Waals surface area contributed by atoms with Gasteiger partial charge < -0.3 is 23.9 Å². The summed E-state index contributed by atoms with van der Waals surface area (Å²) in [7, 11) is 0. The molecule has 42 heavy (non-hydrogen) atoms. The van der Waals surface area contributed by atoms with Gasteiger partial charge in [-0.05, 0) is 66.9 Å². The number of hydrogen-bond acceptors (Lipinski definition) is 9. The molecule has 0 spiro atoms. The fourth-order valence-corrected chi connectivity index (χ4v) is 4.96. The van der Waals surface area contributed by atoms with E-state index in [0.717, 1.165) is 17.6 Å². The van der Waals surface area contributed by atoms with Crippen LogP contribution in [0.2, 0.25) is 0 Å². The standard InChI is InChI=1S/C29H29FN6O6/c1-18-4-10-24(42-18)28-32-34-35(33-28)17-26(37)36(21-9-11-23-25(15-21)41-14-13-40-23)27(19-5-7-20(30)8-6-19)29(38)31-16-22-3-2-12-39-22/h4-11,15,22,27H,2-3,12-14,16-17H2,1H3,(H,31,38)/t22-,27-/m1/s1. The highest BCUT2D eigenvalue weighted by molar-refractivity contribution is 6.01. The molecule has 2 aromatic carbocycles. The minimum atomic E-state index is -1.17. The molecule has 2 aliphatic heterocycles. The third-order valence-corrected chi connectivity index (χ3v) is 6.98. The van der Waals surface area contributed by atoms with Gasteiger partial charge in [0.1, 0.15) is 37.4 Å². The Morgan fingerprint density at radius 3 is 2.62 bits per heavy atom. The first-order chi connectivity index (χ1) is 20.4. The maximum absolute atomic E-state index is 14.1. The van der Waals surface area contributed by atoms with E-state index in [0.29, 0.717) is 54.1 Å². The van der Waals surface area contributed by atoms with Gasteiger partial charge in [0.2, 0.25) is 11.7 Å². The highest BCUT2D eigenvalue weighted by Gasteiger charge is 2.35. The molecule has 12 nitrogen and oxygen atoms in total. The Bertz CT molecular complexity index is 1560. The van der Waals surface area contributed by atoms with Crippen LogP contribution >= 0.6 is 0 Å². The van der Waals surface area contributed by atoms with E-state index in [9.17, 15) is 14.0 Å². The molecule has 0 radical (unpaired) electrons. The molecule has 2 amide bonds. The number of nitrogens with zero attached hydrogens (tertiary/aromatic N) is 5. The average Bonchev–Trinajstić information content (AvgIpc) is 3.78. The van der Waals surface area contributed by atoms with Crippen molar-refractivity contribution in [3.05, 3.63) is 71.7 Å². The summed E-state index contributed by atoms with van der Waals surface area (Å²) in [6.45, 7) is 3.09. The van der Waals surface area contributed by atoms with Crippen LogP contribution in [0.15, 0.2) is 59.0 Å². The molecule has 4 heterocycles. The summed E-state index contributed by atoms with van der Waals surface area (Å²) in [5, 5.41) is 15.3. The molecule has 0 bridgehead atoms. The fourth-order valence-electron chi connectivity index (χ4n) is 4.96. The van der Waals surface area contributed by atoms with E-state index in [2.05, 4.69) is 20.7 Å². The van der Waals surface area contributed by atoms with Crippen LogP contribution < -0.4 is 19.7 Å². The third-order valence-electron chi connectivity index (χ3n) is 6.98. The zero-order valence-corrected chi connectivity index (χ0v) is 22.9. The monoisotopic (exact) mass is 576 g/mol. The second-order valence-corrected chi connectivity index (χ2v) is 9.98. The van der Waals surface area contributed by atoms with Crippen LogP contribution in [0.25, 0.3) is 11.6 Å². The van der Waals surface area contributed by atoms with Gasteiger partial charge in [0.25, 0.3) is 5.91 Å². The van der Waals surface area contributed by atoms with E-state index in [1.54, 1.807) is 37.3 Å². The highest BCUT2D eigenvalue weighted by Crippen LogP contribution is 2.37. The van der Waals surface area contributed by atoms with E-state index in [4.69, 9.17) is 18.6 Å². The topological polar surface area (TPSA) is 134 Å². The Hall–Kier alpha value is -4.78. The van der Waals surface area contributed by atoms with Crippen LogP contribution in [-0.2, 0) is 20.9 Å². The molecule has 0 saturated carbocycles. The predicted molar refractivity (Wildman–Crippen MR) is 146 cm³/mol. The molecular weight excluding hydrogens is 547 g/mol. The Kier molecular flexibility index (Phi) is 7.82. The summed E-state index contributed by atoms with van der Waals surface area (Å²) in [5.74, 6) is 0.809. The maximum atomic E-state index is 14.1. The molecule has 218 valence electrons. The number of benzene rings is 2. The molecule has 2 aromatic heterocycles. The van der Waals surface area contributed by atoms with Crippen LogP contribution in [0.4, 0.5) is 10.1 Å². The smallest absolute Gasteiger partial charge is 0.251 e. The van der Waals surface area contributed by atoms with Crippen molar-refractivity contribution in [1.29, 1.82) is 0 Å². The number of ether oxygens (including phenoxy) is 3. The van der Waals surface area contributed by atoms with Gasteiger partial charge in [-0.1, -0.05) is 12.1 Å². The van der Waals surface area contributed by atoms with Gasteiger partial charge in [-0.3, -0.25) is 14.5 Å². The molecule has 0 unspecified atom stereocenters.